The van der Waals surface area contributed by atoms with Crippen LogP contribution < -0.4 is 10.5 Å². The monoisotopic (exact) mass is 383 g/mol. The van der Waals surface area contributed by atoms with E-state index in [1.54, 1.807) is 24.1 Å². The summed E-state index contributed by atoms with van der Waals surface area (Å²) in [6.45, 7) is 1.69. The number of sulfonamides is 1. The summed E-state index contributed by atoms with van der Waals surface area (Å²) in [5.41, 5.74) is 0.265. The second kappa shape index (κ2) is 7.90. The molecule has 3 N–H and O–H groups in total. The molecule has 0 bridgehead atoms. The molecule has 0 aromatic heterocycles. The Balaban J connectivity index is 2.04. The van der Waals surface area contributed by atoms with Crippen molar-refractivity contribution in [3.63, 3.8) is 0 Å². The zero-order valence-electron chi connectivity index (χ0n) is 14.2. The molecular weight excluding hydrogens is 364 g/mol. The van der Waals surface area contributed by atoms with E-state index in [9.17, 15) is 22.0 Å². The van der Waals surface area contributed by atoms with Gasteiger partial charge in [-0.2, -0.15) is 0 Å². The molecule has 0 saturated carbocycles. The number of rotatable bonds is 6. The Labute approximate surface area is 150 Å². The predicted molar refractivity (Wildman–Crippen MR) is 93.8 cm³/mol. The van der Waals surface area contributed by atoms with Crippen molar-refractivity contribution >= 4 is 21.6 Å². The number of nitrogens with one attached hydrogen (secondary N) is 1. The fourth-order valence-corrected chi connectivity index (χ4v) is 2.87. The van der Waals surface area contributed by atoms with Crippen molar-refractivity contribution in [2.75, 3.05) is 18.9 Å². The van der Waals surface area contributed by atoms with Gasteiger partial charge in [0.05, 0.1) is 11.4 Å². The maximum Gasteiger partial charge on any atom is 0.238 e. The second-order valence-electron chi connectivity index (χ2n) is 5.85. The van der Waals surface area contributed by atoms with Crippen LogP contribution in [0.5, 0.6) is 0 Å². The van der Waals surface area contributed by atoms with Crippen LogP contribution in [0.4, 0.5) is 14.5 Å². The van der Waals surface area contributed by atoms with Crippen molar-refractivity contribution in [3.05, 3.63) is 59.7 Å². The van der Waals surface area contributed by atoms with Gasteiger partial charge in [0.15, 0.2) is 0 Å². The van der Waals surface area contributed by atoms with Crippen molar-refractivity contribution in [3.8, 4) is 0 Å². The Morgan fingerprint density at radius 2 is 1.69 bits per heavy atom. The number of nitrogens with zero attached hydrogens (tertiary/aromatic N) is 1. The number of para-hydroxylation sites is 1. The summed E-state index contributed by atoms with van der Waals surface area (Å²) in [6.07, 6.45) is 0. The smallest absolute Gasteiger partial charge is 0.238 e. The fraction of sp³-hybridized carbons (Fsp3) is 0.235. The molecule has 1 amide bonds. The largest absolute Gasteiger partial charge is 0.320 e. The Hall–Kier alpha value is -2.36. The molecule has 0 heterocycles. The Morgan fingerprint density at radius 3 is 2.19 bits per heavy atom. The van der Waals surface area contributed by atoms with Gasteiger partial charge in [0.25, 0.3) is 0 Å². The number of hydrogen-bond donors (Lipinski definition) is 2. The molecule has 0 saturated heterocycles. The lowest BCUT2D eigenvalue weighted by molar-refractivity contribution is -0.117. The van der Waals surface area contributed by atoms with Gasteiger partial charge >= 0.3 is 0 Å². The highest BCUT2D eigenvalue weighted by atomic mass is 32.2. The number of primary sulfonamides is 1. The molecule has 1 atom stereocenters. The SMILES string of the molecule is C[C@H](c1ccc(S(N)(=O)=O)cc1)N(C)CC(=O)Nc1c(F)cccc1F. The van der Waals surface area contributed by atoms with Gasteiger partial charge in [0.1, 0.15) is 17.3 Å². The molecule has 0 unspecified atom stereocenters. The minimum atomic E-state index is -3.78. The van der Waals surface area contributed by atoms with Crippen LogP contribution in [-0.4, -0.2) is 32.8 Å². The lowest BCUT2D eigenvalue weighted by Gasteiger charge is -2.24. The first kappa shape index (κ1) is 20.0. The van der Waals surface area contributed by atoms with Gasteiger partial charge in [-0.05, 0) is 43.8 Å². The lowest BCUT2D eigenvalue weighted by atomic mass is 10.1. The summed E-state index contributed by atoms with van der Waals surface area (Å²) in [4.78, 5) is 13.7. The van der Waals surface area contributed by atoms with E-state index in [1.165, 1.54) is 18.2 Å². The van der Waals surface area contributed by atoms with Gasteiger partial charge < -0.3 is 5.32 Å². The van der Waals surface area contributed by atoms with Crippen molar-refractivity contribution in [2.24, 2.45) is 5.14 Å². The Kier molecular flexibility index (Phi) is 6.06. The number of halogens is 2. The Bertz CT molecular complexity index is 882. The van der Waals surface area contributed by atoms with Crippen LogP contribution in [0.15, 0.2) is 47.4 Å². The van der Waals surface area contributed by atoms with Crippen LogP contribution in [0, 0.1) is 11.6 Å². The topological polar surface area (TPSA) is 92.5 Å². The van der Waals surface area contributed by atoms with E-state index < -0.39 is 33.3 Å². The van der Waals surface area contributed by atoms with Crippen LogP contribution in [0.2, 0.25) is 0 Å². The summed E-state index contributed by atoms with van der Waals surface area (Å²) in [7, 11) is -2.11. The zero-order chi connectivity index (χ0) is 19.5. The summed E-state index contributed by atoms with van der Waals surface area (Å²) < 4.78 is 49.7. The number of amides is 1. The number of carbonyl (C=O) groups excluding carboxylic acids is 1. The molecule has 0 aliphatic heterocycles. The maximum absolute atomic E-state index is 13.6. The van der Waals surface area contributed by atoms with E-state index in [2.05, 4.69) is 5.32 Å². The van der Waals surface area contributed by atoms with Crippen molar-refractivity contribution < 1.29 is 22.0 Å². The number of likely N-dealkylation sites (N-methyl/N-ethyl adjacent to an activating group) is 1. The normalized spacial score (nSPS) is 12.8. The molecule has 2 rings (SSSR count). The molecule has 140 valence electrons. The van der Waals surface area contributed by atoms with Gasteiger partial charge in [-0.3, -0.25) is 9.69 Å². The summed E-state index contributed by atoms with van der Waals surface area (Å²) in [5, 5.41) is 7.27. The van der Waals surface area contributed by atoms with Crippen molar-refractivity contribution in [1.82, 2.24) is 4.90 Å². The summed E-state index contributed by atoms with van der Waals surface area (Å²) in [6, 6.07) is 9.01. The van der Waals surface area contributed by atoms with Gasteiger partial charge in [-0.25, -0.2) is 22.3 Å². The van der Waals surface area contributed by atoms with Gasteiger partial charge in [0, 0.05) is 6.04 Å². The summed E-state index contributed by atoms with van der Waals surface area (Å²) >= 11 is 0. The van der Waals surface area contributed by atoms with E-state index >= 15 is 0 Å². The molecule has 0 spiro atoms. The highest BCUT2D eigenvalue weighted by Crippen LogP contribution is 2.21. The third-order valence-corrected chi connectivity index (χ3v) is 4.90. The van der Waals surface area contributed by atoms with Crippen molar-refractivity contribution in [2.45, 2.75) is 17.9 Å². The number of nitrogens with two attached hydrogens (primary N) is 1. The first-order valence-corrected chi connectivity index (χ1v) is 9.21. The molecule has 2 aromatic rings. The zero-order valence-corrected chi connectivity index (χ0v) is 15.1. The molecule has 0 radical (unpaired) electrons. The molecule has 0 fully saturated rings. The molecule has 2 aromatic carbocycles. The molecule has 0 aliphatic rings. The molecule has 0 aliphatic carbocycles. The first-order chi connectivity index (χ1) is 12.1. The van der Waals surface area contributed by atoms with Crippen LogP contribution in [0.1, 0.15) is 18.5 Å². The van der Waals surface area contributed by atoms with Gasteiger partial charge in [-0.1, -0.05) is 18.2 Å². The van der Waals surface area contributed by atoms with E-state index in [1.807, 2.05) is 6.92 Å². The highest BCUT2D eigenvalue weighted by molar-refractivity contribution is 7.89. The molecule has 9 heteroatoms. The van der Waals surface area contributed by atoms with Crippen LogP contribution in [-0.2, 0) is 14.8 Å². The average molecular weight is 383 g/mol. The quantitative estimate of drug-likeness (QED) is 0.800. The minimum absolute atomic E-state index is 0.0103. The van der Waals surface area contributed by atoms with Gasteiger partial charge in [-0.15, -0.1) is 0 Å². The van der Waals surface area contributed by atoms with Gasteiger partial charge in [0.2, 0.25) is 15.9 Å². The minimum Gasteiger partial charge on any atom is -0.320 e. The number of anilines is 1. The number of benzene rings is 2. The fourth-order valence-electron chi connectivity index (χ4n) is 2.35. The number of carbonyl (C=O) groups is 1. The van der Waals surface area contributed by atoms with E-state index in [0.29, 0.717) is 0 Å². The molecule has 6 nitrogen and oxygen atoms in total. The van der Waals surface area contributed by atoms with Crippen LogP contribution >= 0.6 is 0 Å². The third kappa shape index (κ3) is 4.84. The highest BCUT2D eigenvalue weighted by Gasteiger charge is 2.18. The number of hydrogen-bond acceptors (Lipinski definition) is 4. The standard InChI is InChI=1S/C17H19F2N3O3S/c1-11(12-6-8-13(9-7-12)26(20,24)25)22(2)10-16(23)21-17-14(18)4-3-5-15(17)19/h3-9,11H,10H2,1-2H3,(H,21,23)(H2,20,24,25)/t11-/m1/s1. The van der Waals surface area contributed by atoms with Crippen molar-refractivity contribution in [1.29, 1.82) is 0 Å². The maximum atomic E-state index is 13.6. The third-order valence-electron chi connectivity index (χ3n) is 3.97. The van der Waals surface area contributed by atoms with E-state index in [0.717, 1.165) is 17.7 Å². The lowest BCUT2D eigenvalue weighted by Crippen LogP contribution is -2.32. The summed E-state index contributed by atoms with van der Waals surface area (Å²) in [5.74, 6) is -2.29. The first-order valence-electron chi connectivity index (χ1n) is 7.66. The van der Waals surface area contributed by atoms with Crippen LogP contribution in [0.3, 0.4) is 0 Å². The molecule has 26 heavy (non-hydrogen) atoms. The van der Waals surface area contributed by atoms with Crippen LogP contribution in [0.25, 0.3) is 0 Å². The van der Waals surface area contributed by atoms with E-state index in [-0.39, 0.29) is 17.5 Å². The Morgan fingerprint density at radius 1 is 1.15 bits per heavy atom. The molecular formula is C17H19F2N3O3S. The second-order valence-corrected chi connectivity index (χ2v) is 7.41. The predicted octanol–water partition coefficient (Wildman–Crippen LogP) is 2.24. The average Bonchev–Trinajstić information content (AvgIpc) is 2.57. The van der Waals surface area contributed by atoms with E-state index in [4.69, 9.17) is 5.14 Å².